The van der Waals surface area contributed by atoms with E-state index in [2.05, 4.69) is 4.98 Å². The Bertz CT molecular complexity index is 718. The Morgan fingerprint density at radius 1 is 1.22 bits per heavy atom. The van der Waals surface area contributed by atoms with E-state index in [1.165, 1.54) is 6.07 Å². The normalized spacial score (nSPS) is 21.4. The molecule has 150 valence electrons. The quantitative estimate of drug-likeness (QED) is 0.686. The largest absolute Gasteiger partial charge is 0.444 e. The van der Waals surface area contributed by atoms with Crippen LogP contribution in [0.3, 0.4) is 0 Å². The molecule has 2 aliphatic rings. The van der Waals surface area contributed by atoms with E-state index in [0.29, 0.717) is 44.1 Å². The van der Waals surface area contributed by atoms with Gasteiger partial charge in [0.2, 0.25) is 0 Å². The van der Waals surface area contributed by atoms with Gasteiger partial charge in [0.05, 0.1) is 11.6 Å². The number of nitrogens with zero attached hydrogens (tertiary/aromatic N) is 4. The van der Waals surface area contributed by atoms with E-state index in [1.54, 1.807) is 4.90 Å². The lowest BCUT2D eigenvalue weighted by atomic mass is 10.1. The summed E-state index contributed by atoms with van der Waals surface area (Å²) in [6.07, 6.45) is -3.89. The number of halogens is 3. The molecule has 2 aliphatic heterocycles. The third-order valence-corrected chi connectivity index (χ3v) is 4.64. The number of aromatic nitrogens is 1. The maximum Gasteiger partial charge on any atom is 0.417 e. The van der Waals surface area contributed by atoms with Gasteiger partial charge in [0.1, 0.15) is 11.4 Å². The Hall–Kier alpha value is -2.03. The van der Waals surface area contributed by atoms with E-state index in [9.17, 15) is 18.0 Å². The number of hydrogen-bond donors (Lipinski definition) is 0. The zero-order chi connectivity index (χ0) is 20.0. The fourth-order valence-electron chi connectivity index (χ4n) is 3.53. The first-order valence-electron chi connectivity index (χ1n) is 8.93. The highest BCUT2D eigenvalue weighted by Gasteiger charge is 2.38. The van der Waals surface area contributed by atoms with Crippen molar-refractivity contribution in [3.63, 3.8) is 0 Å². The number of likely N-dealkylation sites (N-methyl/N-ethyl adjacent to an activating group) is 1. The van der Waals surface area contributed by atoms with Crippen molar-refractivity contribution in [3.05, 3.63) is 23.4 Å². The molecule has 0 aromatic carbocycles. The predicted molar refractivity (Wildman–Crippen MR) is 94.5 cm³/mol. The van der Waals surface area contributed by atoms with Crippen molar-refractivity contribution < 1.29 is 22.7 Å². The lowest BCUT2D eigenvalue weighted by Crippen LogP contribution is -2.58. The monoisotopic (exact) mass is 386 g/mol. The molecule has 0 N–H and O–H groups in total. The summed E-state index contributed by atoms with van der Waals surface area (Å²) >= 11 is 0. The van der Waals surface area contributed by atoms with Crippen LogP contribution in [0.5, 0.6) is 0 Å². The molecule has 1 atom stereocenters. The van der Waals surface area contributed by atoms with Crippen molar-refractivity contribution >= 4 is 11.9 Å². The van der Waals surface area contributed by atoms with Crippen molar-refractivity contribution in [2.45, 2.75) is 45.1 Å². The highest BCUT2D eigenvalue weighted by molar-refractivity contribution is 5.69. The topological polar surface area (TPSA) is 48.9 Å². The van der Waals surface area contributed by atoms with Gasteiger partial charge in [0.15, 0.2) is 0 Å². The number of carbonyl (C=O) groups excluding carboxylic acids is 1. The van der Waals surface area contributed by atoms with Gasteiger partial charge in [-0.2, -0.15) is 13.2 Å². The highest BCUT2D eigenvalue weighted by atomic mass is 19.4. The van der Waals surface area contributed by atoms with Crippen LogP contribution in [0.4, 0.5) is 23.8 Å². The standard InChI is InChI=1S/C18H25F3N4O2/c1-17(2,3)27-16(26)24-5-6-25-14(11-24)10-23(4)9-12-7-13(18(19,20)21)8-22-15(12)25/h7-8,14H,5-6,9-11H2,1-4H3/t14-/m0/s1. The summed E-state index contributed by atoms with van der Waals surface area (Å²) in [6.45, 7) is 7.85. The van der Waals surface area contributed by atoms with E-state index >= 15 is 0 Å². The molecule has 27 heavy (non-hydrogen) atoms. The molecule has 1 aromatic heterocycles. The number of fused-ring (bicyclic) bond motifs is 3. The van der Waals surface area contributed by atoms with Crippen molar-refractivity contribution in [2.75, 3.05) is 38.1 Å². The summed E-state index contributed by atoms with van der Waals surface area (Å²) in [5, 5.41) is 0. The second kappa shape index (κ2) is 6.85. The van der Waals surface area contributed by atoms with Crippen LogP contribution in [0.25, 0.3) is 0 Å². The molecule has 0 unspecified atom stereocenters. The summed E-state index contributed by atoms with van der Waals surface area (Å²) in [5.41, 5.74) is -0.752. The number of pyridine rings is 1. The minimum Gasteiger partial charge on any atom is -0.444 e. The minimum absolute atomic E-state index is 0.0539. The van der Waals surface area contributed by atoms with Gasteiger partial charge in [-0.15, -0.1) is 0 Å². The summed E-state index contributed by atoms with van der Waals surface area (Å²) in [4.78, 5) is 22.2. The van der Waals surface area contributed by atoms with Gasteiger partial charge in [-0.1, -0.05) is 0 Å². The van der Waals surface area contributed by atoms with Gasteiger partial charge in [-0.25, -0.2) is 9.78 Å². The molecule has 1 aromatic rings. The van der Waals surface area contributed by atoms with Crippen LogP contribution in [0, 0.1) is 0 Å². The zero-order valence-electron chi connectivity index (χ0n) is 16.0. The summed E-state index contributed by atoms with van der Waals surface area (Å²) < 4.78 is 44.6. The number of amides is 1. The molecule has 0 spiro atoms. The molecule has 1 fully saturated rings. The number of rotatable bonds is 0. The van der Waals surface area contributed by atoms with E-state index in [-0.39, 0.29) is 12.1 Å². The number of hydrogen-bond acceptors (Lipinski definition) is 5. The van der Waals surface area contributed by atoms with Gasteiger partial charge in [0.25, 0.3) is 0 Å². The average Bonchev–Trinajstić information content (AvgIpc) is 2.66. The third-order valence-electron chi connectivity index (χ3n) is 4.64. The fraction of sp³-hybridized carbons (Fsp3) is 0.667. The molecule has 6 nitrogen and oxygen atoms in total. The Balaban J connectivity index is 1.83. The molecule has 0 aliphatic carbocycles. The first-order valence-corrected chi connectivity index (χ1v) is 8.93. The SMILES string of the molecule is CN1Cc2cc(C(F)(F)F)cnc2N2CCN(C(=O)OC(C)(C)C)C[C@@H]2C1. The van der Waals surface area contributed by atoms with Crippen molar-refractivity contribution in [3.8, 4) is 0 Å². The van der Waals surface area contributed by atoms with E-state index in [4.69, 9.17) is 4.74 Å². The smallest absolute Gasteiger partial charge is 0.417 e. The Morgan fingerprint density at radius 3 is 2.56 bits per heavy atom. The maximum absolute atomic E-state index is 13.0. The third kappa shape index (κ3) is 4.45. The number of ether oxygens (including phenoxy) is 1. The number of alkyl halides is 3. The number of piperazine rings is 1. The minimum atomic E-state index is -4.41. The molecule has 3 rings (SSSR count). The molecule has 0 radical (unpaired) electrons. The molecule has 0 bridgehead atoms. The fourth-order valence-corrected chi connectivity index (χ4v) is 3.53. The number of carbonyl (C=O) groups is 1. The average molecular weight is 386 g/mol. The van der Waals surface area contributed by atoms with E-state index < -0.39 is 17.3 Å². The summed E-state index contributed by atoms with van der Waals surface area (Å²) in [6, 6.07) is 1.13. The molecule has 0 saturated carbocycles. The van der Waals surface area contributed by atoms with E-state index in [1.807, 2.05) is 37.6 Å². The molecule has 9 heteroatoms. The molecule has 3 heterocycles. The second-order valence-corrected chi connectivity index (χ2v) is 8.17. The van der Waals surface area contributed by atoms with Crippen LogP contribution in [0.1, 0.15) is 31.9 Å². The summed E-state index contributed by atoms with van der Waals surface area (Å²) in [7, 11) is 1.86. The predicted octanol–water partition coefficient (Wildman–Crippen LogP) is 2.97. The van der Waals surface area contributed by atoms with E-state index in [0.717, 1.165) is 6.20 Å². The molecule has 1 saturated heterocycles. The van der Waals surface area contributed by atoms with Gasteiger partial charge in [-0.3, -0.25) is 4.90 Å². The molecular weight excluding hydrogens is 361 g/mol. The highest BCUT2D eigenvalue weighted by Crippen LogP contribution is 2.34. The Labute approximate surface area is 156 Å². The molecule has 1 amide bonds. The lowest BCUT2D eigenvalue weighted by molar-refractivity contribution is -0.137. The van der Waals surface area contributed by atoms with Crippen LogP contribution in [0.15, 0.2) is 12.3 Å². The van der Waals surface area contributed by atoms with Crippen LogP contribution in [-0.2, 0) is 17.5 Å². The van der Waals surface area contributed by atoms with Crippen molar-refractivity contribution in [1.29, 1.82) is 0 Å². The zero-order valence-corrected chi connectivity index (χ0v) is 16.0. The van der Waals surface area contributed by atoms with Crippen LogP contribution >= 0.6 is 0 Å². The van der Waals surface area contributed by atoms with Crippen molar-refractivity contribution in [1.82, 2.24) is 14.8 Å². The second-order valence-electron chi connectivity index (χ2n) is 8.17. The summed E-state index contributed by atoms with van der Waals surface area (Å²) in [5.74, 6) is 0.571. The van der Waals surface area contributed by atoms with Crippen LogP contribution in [-0.4, -0.2) is 65.7 Å². The van der Waals surface area contributed by atoms with Gasteiger partial charge >= 0.3 is 12.3 Å². The molecular formula is C18H25F3N4O2. The van der Waals surface area contributed by atoms with Crippen molar-refractivity contribution in [2.24, 2.45) is 0 Å². The van der Waals surface area contributed by atoms with Gasteiger partial charge in [-0.05, 0) is 33.9 Å². The van der Waals surface area contributed by atoms with Gasteiger partial charge < -0.3 is 14.5 Å². The lowest BCUT2D eigenvalue weighted by Gasteiger charge is -2.42. The first-order chi connectivity index (χ1) is 12.4. The Morgan fingerprint density at radius 2 is 1.93 bits per heavy atom. The van der Waals surface area contributed by atoms with Crippen LogP contribution < -0.4 is 4.90 Å². The van der Waals surface area contributed by atoms with Gasteiger partial charge in [0, 0.05) is 44.5 Å². The first kappa shape index (κ1) is 19.7. The maximum atomic E-state index is 13.0. The van der Waals surface area contributed by atoms with Crippen LogP contribution in [0.2, 0.25) is 0 Å². The number of anilines is 1. The Kier molecular flexibility index (Phi) is 5.00.